The van der Waals surface area contributed by atoms with Gasteiger partial charge in [0.2, 0.25) is 0 Å². The Bertz CT molecular complexity index is 850. The van der Waals surface area contributed by atoms with Crippen molar-refractivity contribution in [3.05, 3.63) is 58.2 Å². The molecule has 0 aliphatic heterocycles. The Hall–Kier alpha value is -2.47. The van der Waals surface area contributed by atoms with Crippen LogP contribution in [0.1, 0.15) is 22.4 Å². The Kier molecular flexibility index (Phi) is 5.95. The van der Waals surface area contributed by atoms with Crippen molar-refractivity contribution < 1.29 is 0 Å². The third-order valence-electron chi connectivity index (χ3n) is 3.79. The van der Waals surface area contributed by atoms with Crippen molar-refractivity contribution in [3.8, 4) is 0 Å². The van der Waals surface area contributed by atoms with Gasteiger partial charge in [-0.25, -0.2) is 9.98 Å². The quantitative estimate of drug-likeness (QED) is 0.527. The van der Waals surface area contributed by atoms with E-state index in [1.165, 1.54) is 10.4 Å². The second kappa shape index (κ2) is 8.58. The number of fused-ring (bicyclic) bond motifs is 1. The molecule has 0 aliphatic rings. The molecule has 2 heterocycles. The molecule has 0 spiro atoms. The number of rotatable bonds is 6. The minimum atomic E-state index is 0.620. The van der Waals surface area contributed by atoms with E-state index >= 15 is 0 Å². The summed E-state index contributed by atoms with van der Waals surface area (Å²) in [5.74, 6) is 0.830. The maximum absolute atomic E-state index is 4.72. The number of thiazole rings is 1. The van der Waals surface area contributed by atoms with Crippen LogP contribution in [0.4, 0.5) is 0 Å². The first-order valence-corrected chi connectivity index (χ1v) is 9.34. The number of para-hydroxylation sites is 1. The van der Waals surface area contributed by atoms with Crippen LogP contribution in [0.2, 0.25) is 0 Å². The average molecular weight is 353 g/mol. The molecule has 0 saturated heterocycles. The summed E-state index contributed by atoms with van der Waals surface area (Å²) in [6.45, 7) is 6.42. The van der Waals surface area contributed by atoms with E-state index in [1.54, 1.807) is 11.3 Å². The zero-order valence-corrected chi connectivity index (χ0v) is 15.4. The largest absolute Gasteiger partial charge is 0.357 e. The Morgan fingerprint density at radius 1 is 1.16 bits per heavy atom. The predicted octanol–water partition coefficient (Wildman–Crippen LogP) is 3.30. The van der Waals surface area contributed by atoms with Crippen molar-refractivity contribution in [2.45, 2.75) is 26.8 Å². The van der Waals surface area contributed by atoms with Crippen LogP contribution in [0.3, 0.4) is 0 Å². The Morgan fingerprint density at radius 3 is 2.84 bits per heavy atom. The lowest BCUT2D eigenvalue weighted by Crippen LogP contribution is -2.38. The highest BCUT2D eigenvalue weighted by Crippen LogP contribution is 2.16. The molecule has 3 aromatic rings. The van der Waals surface area contributed by atoms with E-state index in [-0.39, 0.29) is 0 Å². The highest BCUT2D eigenvalue weighted by atomic mass is 32.1. The molecular weight excluding hydrogens is 330 g/mol. The number of benzene rings is 1. The first-order chi connectivity index (χ1) is 12.3. The van der Waals surface area contributed by atoms with Crippen molar-refractivity contribution >= 4 is 28.2 Å². The van der Waals surface area contributed by atoms with E-state index < -0.39 is 0 Å². The second-order valence-electron chi connectivity index (χ2n) is 5.72. The number of aromatic nitrogens is 2. The molecule has 0 bridgehead atoms. The first kappa shape index (κ1) is 17.4. The molecule has 0 aliphatic carbocycles. The summed E-state index contributed by atoms with van der Waals surface area (Å²) in [6, 6.07) is 10.2. The number of aliphatic imine (C=N–C) groups is 1. The maximum atomic E-state index is 4.72. The minimum Gasteiger partial charge on any atom is -0.357 e. The van der Waals surface area contributed by atoms with Crippen LogP contribution in [0.25, 0.3) is 10.9 Å². The standard InChI is InChI=1S/C19H23N5S/c1-3-20-19(22-11-9-18-23-12-14(2)25-18)24-13-15-8-10-21-17-7-5-4-6-16(15)17/h4-8,10,12H,3,9,11,13H2,1-2H3,(H2,20,22,24). The lowest BCUT2D eigenvalue weighted by Gasteiger charge is -2.11. The van der Waals surface area contributed by atoms with Crippen LogP contribution in [0.5, 0.6) is 0 Å². The van der Waals surface area contributed by atoms with Crippen molar-refractivity contribution in [1.29, 1.82) is 0 Å². The maximum Gasteiger partial charge on any atom is 0.191 e. The Morgan fingerprint density at radius 2 is 2.04 bits per heavy atom. The second-order valence-corrected chi connectivity index (χ2v) is 7.04. The molecule has 0 amide bonds. The zero-order valence-electron chi connectivity index (χ0n) is 14.6. The molecular formula is C19H23N5S. The van der Waals surface area contributed by atoms with Gasteiger partial charge in [0.15, 0.2) is 5.96 Å². The fourth-order valence-corrected chi connectivity index (χ4v) is 3.39. The topological polar surface area (TPSA) is 62.2 Å². The van der Waals surface area contributed by atoms with Gasteiger partial charge in [0.25, 0.3) is 0 Å². The summed E-state index contributed by atoms with van der Waals surface area (Å²) in [5, 5.41) is 8.99. The fraction of sp³-hybridized carbons (Fsp3) is 0.316. The smallest absolute Gasteiger partial charge is 0.191 e. The summed E-state index contributed by atoms with van der Waals surface area (Å²) >= 11 is 1.75. The van der Waals surface area contributed by atoms with Gasteiger partial charge in [0.05, 0.1) is 17.1 Å². The van der Waals surface area contributed by atoms with Crippen LogP contribution in [0, 0.1) is 6.92 Å². The molecule has 0 atom stereocenters. The number of hydrogen-bond acceptors (Lipinski definition) is 4. The third-order valence-corrected chi connectivity index (χ3v) is 4.76. The van der Waals surface area contributed by atoms with Crippen LogP contribution in [-0.2, 0) is 13.0 Å². The Labute approximate surface area is 152 Å². The van der Waals surface area contributed by atoms with Gasteiger partial charge in [-0.3, -0.25) is 4.98 Å². The molecule has 0 radical (unpaired) electrons. The van der Waals surface area contributed by atoms with E-state index in [2.05, 4.69) is 40.5 Å². The van der Waals surface area contributed by atoms with Crippen molar-refractivity contribution in [2.24, 2.45) is 4.99 Å². The number of aryl methyl sites for hydroxylation is 1. The number of hydrogen-bond donors (Lipinski definition) is 2. The number of nitrogens with one attached hydrogen (secondary N) is 2. The summed E-state index contributed by atoms with van der Waals surface area (Å²) in [5.41, 5.74) is 2.19. The highest BCUT2D eigenvalue weighted by Gasteiger charge is 2.03. The van der Waals surface area contributed by atoms with Gasteiger partial charge in [-0.2, -0.15) is 0 Å². The summed E-state index contributed by atoms with van der Waals surface area (Å²) < 4.78 is 0. The monoisotopic (exact) mass is 353 g/mol. The van der Waals surface area contributed by atoms with Crippen LogP contribution < -0.4 is 10.6 Å². The van der Waals surface area contributed by atoms with Crippen molar-refractivity contribution in [2.75, 3.05) is 13.1 Å². The van der Waals surface area contributed by atoms with Gasteiger partial charge in [-0.05, 0) is 31.5 Å². The molecule has 25 heavy (non-hydrogen) atoms. The molecule has 5 nitrogen and oxygen atoms in total. The summed E-state index contributed by atoms with van der Waals surface area (Å²) in [6.07, 6.45) is 4.67. The van der Waals surface area contributed by atoms with Crippen LogP contribution in [0.15, 0.2) is 47.7 Å². The lowest BCUT2D eigenvalue weighted by atomic mass is 10.1. The van der Waals surface area contributed by atoms with E-state index in [9.17, 15) is 0 Å². The van der Waals surface area contributed by atoms with Gasteiger partial charge >= 0.3 is 0 Å². The predicted molar refractivity (Wildman–Crippen MR) is 105 cm³/mol. The first-order valence-electron chi connectivity index (χ1n) is 8.52. The van der Waals surface area contributed by atoms with E-state index in [4.69, 9.17) is 4.99 Å². The third kappa shape index (κ3) is 4.76. The van der Waals surface area contributed by atoms with E-state index in [0.717, 1.165) is 41.4 Å². The lowest BCUT2D eigenvalue weighted by molar-refractivity contribution is 0.797. The number of pyridine rings is 1. The average Bonchev–Trinajstić information content (AvgIpc) is 3.05. The fourth-order valence-electron chi connectivity index (χ4n) is 2.60. The van der Waals surface area contributed by atoms with Crippen molar-refractivity contribution in [3.63, 3.8) is 0 Å². The summed E-state index contributed by atoms with van der Waals surface area (Å²) in [4.78, 5) is 14.8. The van der Waals surface area contributed by atoms with Gasteiger partial charge in [-0.1, -0.05) is 18.2 Å². The molecule has 3 rings (SSSR count). The number of nitrogens with zero attached hydrogens (tertiary/aromatic N) is 3. The summed E-state index contributed by atoms with van der Waals surface area (Å²) in [7, 11) is 0. The van der Waals surface area contributed by atoms with Gasteiger partial charge in [0, 0.05) is 42.2 Å². The van der Waals surface area contributed by atoms with E-state index in [0.29, 0.717) is 6.54 Å². The SMILES string of the molecule is CCNC(=NCc1ccnc2ccccc12)NCCc1ncc(C)s1. The molecule has 6 heteroatoms. The van der Waals surface area contributed by atoms with Gasteiger partial charge in [0.1, 0.15) is 0 Å². The number of guanidine groups is 1. The molecule has 0 saturated carbocycles. The highest BCUT2D eigenvalue weighted by molar-refractivity contribution is 7.11. The van der Waals surface area contributed by atoms with Crippen LogP contribution >= 0.6 is 11.3 Å². The molecule has 0 fully saturated rings. The zero-order chi connectivity index (χ0) is 17.5. The van der Waals surface area contributed by atoms with Crippen molar-refractivity contribution in [1.82, 2.24) is 20.6 Å². The van der Waals surface area contributed by atoms with Crippen LogP contribution in [-0.4, -0.2) is 29.0 Å². The molecule has 130 valence electrons. The van der Waals surface area contributed by atoms with Gasteiger partial charge in [-0.15, -0.1) is 11.3 Å². The molecule has 2 N–H and O–H groups in total. The molecule has 1 aromatic carbocycles. The molecule has 0 unspecified atom stereocenters. The molecule has 2 aromatic heterocycles. The Balaban J connectivity index is 1.64. The normalized spacial score (nSPS) is 11.7. The van der Waals surface area contributed by atoms with Gasteiger partial charge < -0.3 is 10.6 Å². The minimum absolute atomic E-state index is 0.620. The van der Waals surface area contributed by atoms with E-state index in [1.807, 2.05) is 36.7 Å².